The van der Waals surface area contributed by atoms with Gasteiger partial charge in [-0.3, -0.25) is 4.79 Å². The van der Waals surface area contributed by atoms with Crippen LogP contribution in [0.5, 0.6) is 5.88 Å². The van der Waals surface area contributed by atoms with E-state index in [-0.39, 0.29) is 18.2 Å². The molecule has 0 fully saturated rings. The van der Waals surface area contributed by atoms with Gasteiger partial charge in [-0.05, 0) is 55.0 Å². The van der Waals surface area contributed by atoms with Gasteiger partial charge in [-0.15, -0.1) is 0 Å². The minimum Gasteiger partial charge on any atom is -0.469 e. The van der Waals surface area contributed by atoms with Crippen LogP contribution in [0.1, 0.15) is 23.0 Å². The molecular weight excluding hydrogens is 355 g/mol. The van der Waals surface area contributed by atoms with Crippen molar-refractivity contribution in [2.75, 3.05) is 6.61 Å². The molecule has 4 nitrogen and oxygen atoms in total. The first-order valence-electron chi connectivity index (χ1n) is 8.10. The van der Waals surface area contributed by atoms with Crippen molar-refractivity contribution in [2.24, 2.45) is 0 Å². The fraction of sp³-hybridized carbons (Fsp3) is 0.150. The molecule has 3 aromatic rings. The highest BCUT2D eigenvalue weighted by Gasteiger charge is 2.11. The van der Waals surface area contributed by atoms with Gasteiger partial charge in [0, 0.05) is 27.9 Å². The van der Waals surface area contributed by atoms with Crippen molar-refractivity contribution < 1.29 is 13.9 Å². The van der Waals surface area contributed by atoms with Gasteiger partial charge in [0.1, 0.15) is 5.82 Å². The lowest BCUT2D eigenvalue weighted by molar-refractivity contribution is 0.0918. The minimum atomic E-state index is -0.328. The Morgan fingerprint density at radius 3 is 2.42 bits per heavy atom. The molecule has 132 valence electrons. The Morgan fingerprint density at radius 2 is 1.77 bits per heavy atom. The second kappa shape index (κ2) is 8.06. The molecule has 1 heterocycles. The Hall–Kier alpha value is -2.79. The van der Waals surface area contributed by atoms with Gasteiger partial charge in [-0.1, -0.05) is 18.5 Å². The minimum absolute atomic E-state index is 0.148. The van der Waals surface area contributed by atoms with Crippen LogP contribution in [-0.4, -0.2) is 22.4 Å². The number of carbonyl (C=O) groups is 1. The third-order valence-electron chi connectivity index (χ3n) is 3.74. The van der Waals surface area contributed by atoms with E-state index in [2.05, 4.69) is 9.97 Å². The molecular formula is C20H16ClFN2O2. The molecule has 3 rings (SSSR count). The fourth-order valence-electron chi connectivity index (χ4n) is 2.31. The standard InChI is InChI=1S/C20H16ClFN2O2/c1-2-17-11-19(24-20(23-17)14-5-9-16(22)10-6-14)26-12-18(25)13-3-7-15(21)8-4-13/h3-11H,2,12H2,1H3. The normalized spacial score (nSPS) is 10.6. The summed E-state index contributed by atoms with van der Waals surface area (Å²) in [5.74, 6) is 0.226. The Labute approximate surface area is 155 Å². The molecule has 0 aliphatic rings. The molecule has 0 spiro atoms. The molecule has 0 saturated heterocycles. The molecule has 0 unspecified atom stereocenters. The third kappa shape index (κ3) is 4.43. The van der Waals surface area contributed by atoms with E-state index in [1.807, 2.05) is 6.92 Å². The number of ether oxygens (including phenoxy) is 1. The number of nitrogens with zero attached hydrogens (tertiary/aromatic N) is 2. The molecule has 6 heteroatoms. The Kier molecular flexibility index (Phi) is 5.58. The van der Waals surface area contributed by atoms with Crippen LogP contribution in [0.2, 0.25) is 5.02 Å². The van der Waals surface area contributed by atoms with Gasteiger partial charge in [0.05, 0.1) is 0 Å². The van der Waals surface area contributed by atoms with Gasteiger partial charge in [0.15, 0.2) is 18.2 Å². The molecule has 26 heavy (non-hydrogen) atoms. The van der Waals surface area contributed by atoms with Crippen molar-refractivity contribution in [1.82, 2.24) is 9.97 Å². The summed E-state index contributed by atoms with van der Waals surface area (Å²) in [5, 5.41) is 0.565. The van der Waals surface area contributed by atoms with Gasteiger partial charge >= 0.3 is 0 Å². The van der Waals surface area contributed by atoms with Gasteiger partial charge in [0.25, 0.3) is 0 Å². The maximum absolute atomic E-state index is 13.1. The summed E-state index contributed by atoms with van der Waals surface area (Å²) in [4.78, 5) is 21.0. The first-order chi connectivity index (χ1) is 12.5. The second-order valence-corrected chi connectivity index (χ2v) is 6.04. The predicted octanol–water partition coefficient (Wildman–Crippen LogP) is 4.76. The summed E-state index contributed by atoms with van der Waals surface area (Å²) in [6, 6.07) is 14.2. The second-order valence-electron chi connectivity index (χ2n) is 5.60. The first-order valence-corrected chi connectivity index (χ1v) is 8.48. The molecule has 0 bridgehead atoms. The number of Topliss-reactive ketones (excluding diaryl/α,β-unsaturated/α-hetero) is 1. The van der Waals surface area contributed by atoms with Crippen molar-refractivity contribution in [3.8, 4) is 17.3 Å². The molecule has 0 aliphatic heterocycles. The average molecular weight is 371 g/mol. The smallest absolute Gasteiger partial charge is 0.217 e. The van der Waals surface area contributed by atoms with E-state index in [1.165, 1.54) is 12.1 Å². The van der Waals surface area contributed by atoms with Crippen molar-refractivity contribution in [2.45, 2.75) is 13.3 Å². The molecule has 0 N–H and O–H groups in total. The lowest BCUT2D eigenvalue weighted by Crippen LogP contribution is -2.12. The third-order valence-corrected chi connectivity index (χ3v) is 3.99. The molecule has 0 atom stereocenters. The summed E-state index contributed by atoms with van der Waals surface area (Å²) in [7, 11) is 0. The quantitative estimate of drug-likeness (QED) is 0.587. The highest BCUT2D eigenvalue weighted by Crippen LogP contribution is 2.20. The number of hydrogen-bond acceptors (Lipinski definition) is 4. The summed E-state index contributed by atoms with van der Waals surface area (Å²) in [6.45, 7) is 1.81. The number of halogens is 2. The van der Waals surface area contributed by atoms with Crippen LogP contribution < -0.4 is 4.74 Å². The molecule has 0 radical (unpaired) electrons. The maximum atomic E-state index is 13.1. The zero-order chi connectivity index (χ0) is 18.5. The maximum Gasteiger partial charge on any atom is 0.217 e. The average Bonchev–Trinajstić information content (AvgIpc) is 2.67. The fourth-order valence-corrected chi connectivity index (χ4v) is 2.44. The largest absolute Gasteiger partial charge is 0.469 e. The van der Waals surface area contributed by atoms with Crippen LogP contribution in [-0.2, 0) is 6.42 Å². The monoisotopic (exact) mass is 370 g/mol. The molecule has 2 aromatic carbocycles. The Morgan fingerprint density at radius 1 is 1.08 bits per heavy atom. The first kappa shape index (κ1) is 18.0. The van der Waals surface area contributed by atoms with Gasteiger partial charge in [-0.2, -0.15) is 4.98 Å². The van der Waals surface area contributed by atoms with Gasteiger partial charge < -0.3 is 4.74 Å². The van der Waals surface area contributed by atoms with E-state index in [4.69, 9.17) is 16.3 Å². The van der Waals surface area contributed by atoms with E-state index in [1.54, 1.807) is 42.5 Å². The summed E-state index contributed by atoms with van der Waals surface area (Å²) >= 11 is 5.83. The van der Waals surface area contributed by atoms with E-state index >= 15 is 0 Å². The number of benzene rings is 2. The van der Waals surface area contributed by atoms with Crippen molar-refractivity contribution in [1.29, 1.82) is 0 Å². The van der Waals surface area contributed by atoms with Crippen LogP contribution in [0.4, 0.5) is 4.39 Å². The summed E-state index contributed by atoms with van der Waals surface area (Å²) in [5.41, 5.74) is 1.96. The number of aryl methyl sites for hydroxylation is 1. The highest BCUT2D eigenvalue weighted by atomic mass is 35.5. The van der Waals surface area contributed by atoms with Crippen molar-refractivity contribution >= 4 is 17.4 Å². The number of carbonyl (C=O) groups excluding carboxylic acids is 1. The van der Waals surface area contributed by atoms with E-state index in [9.17, 15) is 9.18 Å². The van der Waals surface area contributed by atoms with Crippen LogP contribution >= 0.6 is 11.6 Å². The molecule has 1 aromatic heterocycles. The van der Waals surface area contributed by atoms with Crippen LogP contribution in [0, 0.1) is 5.82 Å². The number of aromatic nitrogens is 2. The topological polar surface area (TPSA) is 52.1 Å². The molecule has 0 amide bonds. The number of hydrogen-bond donors (Lipinski definition) is 0. The lowest BCUT2D eigenvalue weighted by atomic mass is 10.1. The Balaban J connectivity index is 1.78. The van der Waals surface area contributed by atoms with Gasteiger partial charge in [-0.25, -0.2) is 9.37 Å². The van der Waals surface area contributed by atoms with E-state index < -0.39 is 0 Å². The van der Waals surface area contributed by atoms with Gasteiger partial charge in [0.2, 0.25) is 5.88 Å². The zero-order valence-electron chi connectivity index (χ0n) is 14.1. The summed E-state index contributed by atoms with van der Waals surface area (Å²) in [6.07, 6.45) is 0.679. The number of ketones is 1. The predicted molar refractivity (Wildman–Crippen MR) is 98.1 cm³/mol. The van der Waals surface area contributed by atoms with Crippen molar-refractivity contribution in [3.63, 3.8) is 0 Å². The SMILES string of the molecule is CCc1cc(OCC(=O)c2ccc(Cl)cc2)nc(-c2ccc(F)cc2)n1. The van der Waals surface area contributed by atoms with Crippen LogP contribution in [0.15, 0.2) is 54.6 Å². The summed E-state index contributed by atoms with van der Waals surface area (Å²) < 4.78 is 18.7. The number of rotatable bonds is 6. The Bertz CT molecular complexity index is 912. The highest BCUT2D eigenvalue weighted by molar-refractivity contribution is 6.30. The zero-order valence-corrected chi connectivity index (χ0v) is 14.8. The van der Waals surface area contributed by atoms with Crippen LogP contribution in [0.25, 0.3) is 11.4 Å². The van der Waals surface area contributed by atoms with E-state index in [0.29, 0.717) is 34.3 Å². The molecule has 0 aliphatic carbocycles. The van der Waals surface area contributed by atoms with Crippen molar-refractivity contribution in [3.05, 3.63) is 76.7 Å². The lowest BCUT2D eigenvalue weighted by Gasteiger charge is -2.09. The van der Waals surface area contributed by atoms with E-state index in [0.717, 1.165) is 5.69 Å². The van der Waals surface area contributed by atoms with Crippen LogP contribution in [0.3, 0.4) is 0 Å². The molecule has 0 saturated carbocycles.